The first-order valence-electron chi connectivity index (χ1n) is 12.2. The van der Waals surface area contributed by atoms with Crippen molar-refractivity contribution in [3.63, 3.8) is 0 Å². The summed E-state index contributed by atoms with van der Waals surface area (Å²) in [4.78, 5) is 80.7. The molecule has 6 amide bonds. The van der Waals surface area contributed by atoms with Crippen LogP contribution in [-0.2, 0) is 43.0 Å². The van der Waals surface area contributed by atoms with E-state index in [0.29, 0.717) is 0 Å². The fourth-order valence-corrected chi connectivity index (χ4v) is 2.92. The third-order valence-electron chi connectivity index (χ3n) is 4.88. The van der Waals surface area contributed by atoms with Crippen molar-refractivity contribution >= 4 is 41.4 Å². The molecule has 0 spiro atoms. The Morgan fingerprint density at radius 2 is 0.947 bits per heavy atom. The SMILES string of the molecule is O=C(O)CCC(=O)NCCOCCNC(=O)CCC(=O)NCCOCCNC(=O)CCN1C(=O)C=CC1=O. The highest BCUT2D eigenvalue weighted by atomic mass is 16.5. The first-order valence-corrected chi connectivity index (χ1v) is 12.2. The van der Waals surface area contributed by atoms with Gasteiger partial charge in [0.25, 0.3) is 11.8 Å². The van der Waals surface area contributed by atoms with Crippen molar-refractivity contribution in [3.05, 3.63) is 12.2 Å². The Hall–Kier alpha value is -3.85. The van der Waals surface area contributed by atoms with Gasteiger partial charge >= 0.3 is 5.97 Å². The Morgan fingerprint density at radius 1 is 0.605 bits per heavy atom. The number of hydrogen-bond donors (Lipinski definition) is 5. The largest absolute Gasteiger partial charge is 0.481 e. The first kappa shape index (κ1) is 32.2. The molecule has 0 unspecified atom stereocenters. The summed E-state index contributed by atoms with van der Waals surface area (Å²) in [6.07, 6.45) is 1.98. The smallest absolute Gasteiger partial charge is 0.303 e. The molecule has 212 valence electrons. The van der Waals surface area contributed by atoms with Crippen LogP contribution in [0.25, 0.3) is 0 Å². The molecule has 5 N–H and O–H groups in total. The minimum atomic E-state index is -1.04. The van der Waals surface area contributed by atoms with E-state index in [1.807, 2.05) is 0 Å². The van der Waals surface area contributed by atoms with Gasteiger partial charge in [-0.1, -0.05) is 0 Å². The molecule has 0 saturated heterocycles. The van der Waals surface area contributed by atoms with Crippen LogP contribution >= 0.6 is 0 Å². The minimum Gasteiger partial charge on any atom is -0.481 e. The topological polar surface area (TPSA) is 210 Å². The first-order chi connectivity index (χ1) is 18.2. The molecule has 0 atom stereocenters. The van der Waals surface area contributed by atoms with Gasteiger partial charge in [-0.3, -0.25) is 38.5 Å². The predicted octanol–water partition coefficient (Wildman–Crippen LogP) is -2.56. The Labute approximate surface area is 219 Å². The lowest BCUT2D eigenvalue weighted by Crippen LogP contribution is -2.35. The number of ether oxygens (including phenoxy) is 2. The monoisotopic (exact) mass is 541 g/mol. The number of imide groups is 1. The van der Waals surface area contributed by atoms with Crippen molar-refractivity contribution in [3.8, 4) is 0 Å². The molecule has 1 aliphatic heterocycles. The van der Waals surface area contributed by atoms with Crippen LogP contribution in [-0.4, -0.2) is 111 Å². The molecule has 0 aromatic carbocycles. The van der Waals surface area contributed by atoms with E-state index in [9.17, 15) is 33.6 Å². The fraction of sp³-hybridized carbons (Fsp3) is 0.609. The van der Waals surface area contributed by atoms with Gasteiger partial charge in [0.05, 0.1) is 32.8 Å². The third-order valence-corrected chi connectivity index (χ3v) is 4.88. The number of carbonyl (C=O) groups excluding carboxylic acids is 6. The summed E-state index contributed by atoms with van der Waals surface area (Å²) >= 11 is 0. The van der Waals surface area contributed by atoms with Crippen LogP contribution in [0.4, 0.5) is 0 Å². The molecule has 1 rings (SSSR count). The van der Waals surface area contributed by atoms with Gasteiger partial charge in [-0.25, -0.2) is 0 Å². The highest BCUT2D eigenvalue weighted by Gasteiger charge is 2.23. The molecule has 0 aliphatic carbocycles. The van der Waals surface area contributed by atoms with Gasteiger partial charge < -0.3 is 35.8 Å². The van der Waals surface area contributed by atoms with E-state index < -0.39 is 17.8 Å². The van der Waals surface area contributed by atoms with E-state index in [1.165, 1.54) is 0 Å². The average molecular weight is 542 g/mol. The minimum absolute atomic E-state index is 0.00264. The molecule has 0 radical (unpaired) electrons. The number of nitrogens with one attached hydrogen (secondary N) is 4. The lowest BCUT2D eigenvalue weighted by molar-refractivity contribution is -0.139. The van der Waals surface area contributed by atoms with E-state index in [2.05, 4.69) is 21.3 Å². The summed E-state index contributed by atoms with van der Waals surface area (Å²) in [6.45, 7) is 1.81. The molecular weight excluding hydrogens is 506 g/mol. The van der Waals surface area contributed by atoms with Gasteiger partial charge in [-0.2, -0.15) is 0 Å². The molecule has 38 heavy (non-hydrogen) atoms. The van der Waals surface area contributed by atoms with Gasteiger partial charge in [0.1, 0.15) is 0 Å². The number of hydrogen-bond acceptors (Lipinski definition) is 9. The molecule has 0 bridgehead atoms. The Kier molecular flexibility index (Phi) is 16.3. The van der Waals surface area contributed by atoms with E-state index >= 15 is 0 Å². The highest BCUT2D eigenvalue weighted by Crippen LogP contribution is 2.03. The molecule has 0 saturated carbocycles. The maximum Gasteiger partial charge on any atom is 0.303 e. The molecule has 1 heterocycles. The summed E-state index contributed by atoms with van der Waals surface area (Å²) in [6, 6.07) is 0. The summed E-state index contributed by atoms with van der Waals surface area (Å²) < 4.78 is 10.5. The van der Waals surface area contributed by atoms with Crippen molar-refractivity contribution in [2.75, 3.05) is 59.2 Å². The summed E-state index contributed by atoms with van der Waals surface area (Å²) in [5.74, 6) is -3.24. The van der Waals surface area contributed by atoms with E-state index in [-0.39, 0.29) is 115 Å². The number of carboxylic acids is 1. The van der Waals surface area contributed by atoms with E-state index in [0.717, 1.165) is 17.1 Å². The molecule has 0 fully saturated rings. The third kappa shape index (κ3) is 16.0. The van der Waals surface area contributed by atoms with Crippen molar-refractivity contribution in [1.82, 2.24) is 26.2 Å². The Balaban J connectivity index is 1.89. The molecular formula is C23H35N5O10. The summed E-state index contributed by atoms with van der Waals surface area (Å²) in [7, 11) is 0. The van der Waals surface area contributed by atoms with Crippen molar-refractivity contribution in [2.24, 2.45) is 0 Å². The lowest BCUT2D eigenvalue weighted by Gasteiger charge is -2.13. The zero-order valence-electron chi connectivity index (χ0n) is 21.1. The second kappa shape index (κ2) is 19.3. The zero-order valence-corrected chi connectivity index (χ0v) is 21.1. The second-order valence-electron chi connectivity index (χ2n) is 7.93. The zero-order chi connectivity index (χ0) is 28.2. The normalized spacial score (nSPS) is 12.4. The Bertz CT molecular complexity index is 859. The quantitative estimate of drug-likeness (QED) is 0.0758. The molecule has 0 aromatic rings. The van der Waals surface area contributed by atoms with Gasteiger partial charge in [0.2, 0.25) is 23.6 Å². The number of amides is 6. The molecule has 0 aromatic heterocycles. The number of carboxylic acid groups (broad SMARTS) is 1. The lowest BCUT2D eigenvalue weighted by atomic mass is 10.3. The fourth-order valence-electron chi connectivity index (χ4n) is 2.92. The molecule has 1 aliphatic rings. The maximum atomic E-state index is 11.8. The number of nitrogens with zero attached hydrogens (tertiary/aromatic N) is 1. The van der Waals surface area contributed by atoms with Gasteiger partial charge in [-0.15, -0.1) is 0 Å². The molecule has 15 nitrogen and oxygen atoms in total. The summed E-state index contributed by atoms with van der Waals surface area (Å²) in [5.41, 5.74) is 0. The van der Waals surface area contributed by atoms with Crippen LogP contribution < -0.4 is 21.3 Å². The van der Waals surface area contributed by atoms with Gasteiger partial charge in [0, 0.05) is 70.6 Å². The standard InChI is InChI=1S/C23H35N5O10/c29-17(24-8-13-37-15-10-26-19(31)3-6-23(35)36)1-2-18(30)25-9-14-38-16-11-27-20(32)7-12-28-21(33)4-5-22(28)34/h4-5H,1-3,6-16H2,(H,24,29)(H,25,30)(H,26,31)(H,27,32)(H,35,36). The van der Waals surface area contributed by atoms with Crippen LogP contribution in [0.15, 0.2) is 12.2 Å². The maximum absolute atomic E-state index is 11.8. The van der Waals surface area contributed by atoms with Crippen molar-refractivity contribution in [1.29, 1.82) is 0 Å². The number of aliphatic carboxylic acids is 1. The van der Waals surface area contributed by atoms with E-state index in [1.54, 1.807) is 0 Å². The van der Waals surface area contributed by atoms with Gasteiger partial charge in [0.15, 0.2) is 0 Å². The van der Waals surface area contributed by atoms with Crippen molar-refractivity contribution in [2.45, 2.75) is 32.1 Å². The number of carbonyl (C=O) groups is 7. The van der Waals surface area contributed by atoms with Crippen LogP contribution in [0, 0.1) is 0 Å². The highest BCUT2D eigenvalue weighted by molar-refractivity contribution is 6.13. The van der Waals surface area contributed by atoms with Crippen LogP contribution in [0.5, 0.6) is 0 Å². The van der Waals surface area contributed by atoms with Crippen molar-refractivity contribution < 1.29 is 48.1 Å². The van der Waals surface area contributed by atoms with Gasteiger partial charge in [-0.05, 0) is 0 Å². The predicted molar refractivity (Wildman–Crippen MR) is 130 cm³/mol. The van der Waals surface area contributed by atoms with E-state index in [4.69, 9.17) is 14.6 Å². The van der Waals surface area contributed by atoms with Crippen LogP contribution in [0.3, 0.4) is 0 Å². The average Bonchev–Trinajstić information content (AvgIpc) is 3.20. The van der Waals surface area contributed by atoms with Crippen LogP contribution in [0.1, 0.15) is 32.1 Å². The Morgan fingerprint density at radius 3 is 1.32 bits per heavy atom. The summed E-state index contributed by atoms with van der Waals surface area (Å²) in [5, 5.41) is 18.8. The molecule has 15 heteroatoms. The number of rotatable bonds is 21. The van der Waals surface area contributed by atoms with Crippen LogP contribution in [0.2, 0.25) is 0 Å². The second-order valence-corrected chi connectivity index (χ2v) is 7.93.